The Morgan fingerprint density at radius 3 is 2.48 bits per heavy atom. The van der Waals surface area contributed by atoms with Crippen LogP contribution in [0.3, 0.4) is 0 Å². The van der Waals surface area contributed by atoms with Gasteiger partial charge in [-0.05, 0) is 30.3 Å². The predicted molar refractivity (Wildman–Crippen MR) is 82.4 cm³/mol. The lowest BCUT2D eigenvalue weighted by Crippen LogP contribution is -2.20. The number of ether oxygens (including phenoxy) is 1. The van der Waals surface area contributed by atoms with Crippen molar-refractivity contribution in [3.05, 3.63) is 66.7 Å². The van der Waals surface area contributed by atoms with Crippen LogP contribution in [-0.2, 0) is 0 Å². The zero-order chi connectivity index (χ0) is 17.9. The molecule has 1 aromatic heterocycles. The van der Waals surface area contributed by atoms with Gasteiger partial charge >= 0.3 is 6.36 Å². The Morgan fingerprint density at radius 1 is 1.04 bits per heavy atom. The summed E-state index contributed by atoms with van der Waals surface area (Å²) >= 11 is 0. The summed E-state index contributed by atoms with van der Waals surface area (Å²) in [4.78, 5) is 12.3. The molecule has 0 saturated heterocycles. The predicted octanol–water partition coefficient (Wildman–Crippen LogP) is 3.42. The number of alkyl halides is 3. The Balaban J connectivity index is 1.83. The molecule has 0 saturated carbocycles. The minimum Gasteiger partial charge on any atom is -0.405 e. The number of aromatic nitrogens is 3. The molecule has 0 aliphatic heterocycles. The van der Waals surface area contributed by atoms with Gasteiger partial charge in [0.25, 0.3) is 5.91 Å². The Labute approximate surface area is 139 Å². The van der Waals surface area contributed by atoms with Crippen LogP contribution in [0.4, 0.5) is 18.9 Å². The fourth-order valence-electron chi connectivity index (χ4n) is 2.14. The maximum absolute atomic E-state index is 12.5. The topological polar surface area (TPSA) is 69.0 Å². The van der Waals surface area contributed by atoms with E-state index in [1.54, 1.807) is 28.8 Å². The first-order valence-corrected chi connectivity index (χ1v) is 7.03. The van der Waals surface area contributed by atoms with Crippen molar-refractivity contribution in [1.29, 1.82) is 0 Å². The molecule has 0 aliphatic rings. The molecule has 0 aliphatic carbocycles. The first-order chi connectivity index (χ1) is 11.9. The molecule has 128 valence electrons. The molecular formula is C16H11F3N4O2. The molecule has 3 aromatic rings. The number of anilines is 1. The summed E-state index contributed by atoms with van der Waals surface area (Å²) in [6.45, 7) is 0. The number of benzene rings is 2. The third kappa shape index (κ3) is 4.14. The fourth-order valence-corrected chi connectivity index (χ4v) is 2.14. The lowest BCUT2D eigenvalue weighted by molar-refractivity contribution is -0.274. The Hall–Kier alpha value is -3.36. The van der Waals surface area contributed by atoms with E-state index in [-0.39, 0.29) is 5.56 Å². The Kier molecular flexibility index (Phi) is 4.38. The zero-order valence-corrected chi connectivity index (χ0v) is 12.6. The van der Waals surface area contributed by atoms with Gasteiger partial charge in [0.15, 0.2) is 0 Å². The number of halogens is 3. The smallest absolute Gasteiger partial charge is 0.405 e. The van der Waals surface area contributed by atoms with Crippen LogP contribution >= 0.6 is 0 Å². The van der Waals surface area contributed by atoms with Crippen molar-refractivity contribution in [3.8, 4) is 11.4 Å². The first-order valence-electron chi connectivity index (χ1n) is 7.03. The van der Waals surface area contributed by atoms with Crippen LogP contribution in [0, 0.1) is 0 Å². The van der Waals surface area contributed by atoms with Gasteiger partial charge in [-0.3, -0.25) is 9.36 Å². The van der Waals surface area contributed by atoms with Gasteiger partial charge in [-0.25, -0.2) is 0 Å². The summed E-state index contributed by atoms with van der Waals surface area (Å²) in [5.41, 5.74) is 0.857. The minimum absolute atomic E-state index is 0.227. The highest BCUT2D eigenvalue weighted by atomic mass is 19.4. The van der Waals surface area contributed by atoms with E-state index in [4.69, 9.17) is 0 Å². The van der Waals surface area contributed by atoms with Gasteiger partial charge < -0.3 is 10.1 Å². The second-order valence-electron chi connectivity index (χ2n) is 4.92. The summed E-state index contributed by atoms with van der Waals surface area (Å²) in [6, 6.07) is 11.8. The molecule has 0 unspecified atom stereocenters. The lowest BCUT2D eigenvalue weighted by atomic mass is 10.2. The van der Waals surface area contributed by atoms with Crippen LogP contribution in [0.1, 0.15) is 10.4 Å². The van der Waals surface area contributed by atoms with Gasteiger partial charge in [0.2, 0.25) is 0 Å². The normalized spacial score (nSPS) is 11.2. The van der Waals surface area contributed by atoms with Crippen molar-refractivity contribution in [2.24, 2.45) is 0 Å². The van der Waals surface area contributed by atoms with E-state index < -0.39 is 18.0 Å². The van der Waals surface area contributed by atoms with Crippen molar-refractivity contribution < 1.29 is 22.7 Å². The van der Waals surface area contributed by atoms with Crippen LogP contribution in [0.15, 0.2) is 61.2 Å². The largest absolute Gasteiger partial charge is 0.573 e. The second-order valence-corrected chi connectivity index (χ2v) is 4.92. The van der Waals surface area contributed by atoms with Gasteiger partial charge in [0.05, 0.1) is 11.3 Å². The molecule has 1 amide bonds. The molecule has 0 fully saturated rings. The maximum atomic E-state index is 12.5. The quantitative estimate of drug-likeness (QED) is 0.784. The van der Waals surface area contributed by atoms with Crippen molar-refractivity contribution in [2.75, 3.05) is 5.32 Å². The van der Waals surface area contributed by atoms with Gasteiger partial charge in [-0.1, -0.05) is 18.2 Å². The third-order valence-corrected chi connectivity index (χ3v) is 3.18. The van der Waals surface area contributed by atoms with Crippen LogP contribution in [0.5, 0.6) is 5.75 Å². The van der Waals surface area contributed by atoms with E-state index in [0.29, 0.717) is 11.4 Å². The second kappa shape index (κ2) is 6.63. The van der Waals surface area contributed by atoms with E-state index >= 15 is 0 Å². The zero-order valence-electron chi connectivity index (χ0n) is 12.6. The fraction of sp³-hybridized carbons (Fsp3) is 0.0625. The number of nitrogens with one attached hydrogen (secondary N) is 1. The van der Waals surface area contributed by atoms with Crippen molar-refractivity contribution in [3.63, 3.8) is 0 Å². The van der Waals surface area contributed by atoms with Gasteiger partial charge in [0, 0.05) is 5.69 Å². The lowest BCUT2D eigenvalue weighted by Gasteiger charge is -2.13. The number of carbonyl (C=O) groups is 1. The van der Waals surface area contributed by atoms with Crippen molar-refractivity contribution in [1.82, 2.24) is 14.8 Å². The molecule has 0 bridgehead atoms. The molecule has 3 rings (SSSR count). The molecule has 25 heavy (non-hydrogen) atoms. The molecule has 2 aromatic carbocycles. The number of hydrogen-bond acceptors (Lipinski definition) is 4. The Morgan fingerprint density at radius 2 is 1.76 bits per heavy atom. The minimum atomic E-state index is -4.88. The van der Waals surface area contributed by atoms with Crippen LogP contribution in [-0.4, -0.2) is 27.0 Å². The third-order valence-electron chi connectivity index (χ3n) is 3.18. The molecule has 1 N–H and O–H groups in total. The molecule has 0 spiro atoms. The number of carbonyl (C=O) groups excluding carboxylic acids is 1. The SMILES string of the molecule is O=C(Nc1cccc(-n2cnnc2)c1)c1ccccc1OC(F)(F)F. The highest BCUT2D eigenvalue weighted by Crippen LogP contribution is 2.27. The highest BCUT2D eigenvalue weighted by molar-refractivity contribution is 6.06. The van der Waals surface area contributed by atoms with Gasteiger partial charge in [0.1, 0.15) is 18.4 Å². The van der Waals surface area contributed by atoms with E-state index in [9.17, 15) is 18.0 Å². The maximum Gasteiger partial charge on any atom is 0.573 e. The first kappa shape index (κ1) is 16.5. The Bertz CT molecular complexity index is 879. The summed E-state index contributed by atoms with van der Waals surface area (Å²) < 4.78 is 42.9. The molecule has 0 atom stereocenters. The van der Waals surface area contributed by atoms with E-state index in [0.717, 1.165) is 6.07 Å². The molecular weight excluding hydrogens is 337 g/mol. The summed E-state index contributed by atoms with van der Waals surface area (Å²) in [6.07, 6.45) is -1.93. The molecule has 1 heterocycles. The number of hydrogen-bond donors (Lipinski definition) is 1. The highest BCUT2D eigenvalue weighted by Gasteiger charge is 2.32. The van der Waals surface area contributed by atoms with Crippen molar-refractivity contribution in [2.45, 2.75) is 6.36 Å². The van der Waals surface area contributed by atoms with Gasteiger partial charge in [-0.15, -0.1) is 23.4 Å². The number of para-hydroxylation sites is 1. The van der Waals surface area contributed by atoms with Crippen LogP contribution in [0.25, 0.3) is 5.69 Å². The summed E-state index contributed by atoms with van der Waals surface area (Å²) in [5, 5.41) is 9.92. The van der Waals surface area contributed by atoms with E-state index in [1.165, 1.54) is 30.9 Å². The number of amides is 1. The summed E-state index contributed by atoms with van der Waals surface area (Å²) in [5.74, 6) is -1.29. The monoisotopic (exact) mass is 348 g/mol. The number of rotatable bonds is 4. The van der Waals surface area contributed by atoms with Crippen LogP contribution in [0.2, 0.25) is 0 Å². The molecule has 0 radical (unpaired) electrons. The van der Waals surface area contributed by atoms with E-state index in [2.05, 4.69) is 20.3 Å². The average Bonchev–Trinajstić information content (AvgIpc) is 3.08. The summed E-state index contributed by atoms with van der Waals surface area (Å²) in [7, 11) is 0. The molecule has 6 nitrogen and oxygen atoms in total. The molecule has 9 heteroatoms. The van der Waals surface area contributed by atoms with Gasteiger partial charge in [-0.2, -0.15) is 0 Å². The standard InChI is InChI=1S/C16H11F3N4O2/c17-16(18,19)25-14-7-2-1-6-13(14)15(24)22-11-4-3-5-12(8-11)23-9-20-21-10-23/h1-10H,(H,22,24). The van der Waals surface area contributed by atoms with Crippen molar-refractivity contribution >= 4 is 11.6 Å². The van der Waals surface area contributed by atoms with E-state index in [1.807, 2.05) is 0 Å². The number of nitrogens with zero attached hydrogens (tertiary/aromatic N) is 3. The average molecular weight is 348 g/mol. The van der Waals surface area contributed by atoms with Crippen LogP contribution < -0.4 is 10.1 Å².